The molecular weight excluding hydrogens is 308 g/mol. The number of ether oxygens (including phenoxy) is 1. The van der Waals surface area contributed by atoms with Crippen molar-refractivity contribution in [2.24, 2.45) is 0 Å². The van der Waals surface area contributed by atoms with E-state index in [4.69, 9.17) is 4.74 Å². The maximum absolute atomic E-state index is 11.5. The third-order valence-electron chi connectivity index (χ3n) is 3.40. The van der Waals surface area contributed by atoms with Crippen LogP contribution in [0.1, 0.15) is 31.4 Å². The maximum atomic E-state index is 11.5. The van der Waals surface area contributed by atoms with Crippen molar-refractivity contribution >= 4 is 5.97 Å². The number of likely N-dealkylation sites (tertiary alicyclic amines) is 1. The van der Waals surface area contributed by atoms with Gasteiger partial charge in [-0.15, -0.1) is 0 Å². The number of aromatic nitrogens is 1. The first-order chi connectivity index (χ1) is 8.70. The predicted molar refractivity (Wildman–Crippen MR) is 67.9 cm³/mol. The minimum Gasteiger partial charge on any atom is -1.00 e. The topological polar surface area (TPSA) is 33.4 Å². The molecular formula is C14H21BrN2O2. The summed E-state index contributed by atoms with van der Waals surface area (Å²) >= 11 is 0. The molecule has 1 aliphatic heterocycles. The van der Waals surface area contributed by atoms with Crippen LogP contribution in [0, 0.1) is 0 Å². The van der Waals surface area contributed by atoms with Gasteiger partial charge in [-0.2, -0.15) is 4.57 Å². The summed E-state index contributed by atoms with van der Waals surface area (Å²) < 4.78 is 6.86. The average Bonchev–Trinajstić information content (AvgIpc) is 2.76. The molecule has 1 saturated heterocycles. The Morgan fingerprint density at radius 3 is 3.00 bits per heavy atom. The highest BCUT2D eigenvalue weighted by Crippen LogP contribution is 2.29. The largest absolute Gasteiger partial charge is 1.00 e. The molecule has 19 heavy (non-hydrogen) atoms. The minimum absolute atomic E-state index is 0. The highest BCUT2D eigenvalue weighted by atomic mass is 79.9. The van der Waals surface area contributed by atoms with Gasteiger partial charge in [0, 0.05) is 17.7 Å². The summed E-state index contributed by atoms with van der Waals surface area (Å²) in [4.78, 5) is 13.8. The molecule has 2 rings (SSSR count). The van der Waals surface area contributed by atoms with Crippen molar-refractivity contribution in [3.05, 3.63) is 30.1 Å². The SMILES string of the molecule is CCOC(=O)C[n+]1cccc([C@@H]2CCCN2C)c1.[Br-]. The Bertz CT molecular complexity index is 426. The van der Waals surface area contributed by atoms with Crippen LogP contribution in [0.25, 0.3) is 0 Å². The zero-order valence-electron chi connectivity index (χ0n) is 11.5. The van der Waals surface area contributed by atoms with Gasteiger partial charge in [-0.1, -0.05) is 0 Å². The Morgan fingerprint density at radius 2 is 2.37 bits per heavy atom. The van der Waals surface area contributed by atoms with Crippen LogP contribution in [-0.4, -0.2) is 31.1 Å². The molecule has 0 amide bonds. The fourth-order valence-electron chi connectivity index (χ4n) is 2.52. The van der Waals surface area contributed by atoms with Crippen molar-refractivity contribution < 1.29 is 31.1 Å². The molecule has 0 unspecified atom stereocenters. The molecule has 0 aliphatic carbocycles. The fraction of sp³-hybridized carbons (Fsp3) is 0.571. The number of pyridine rings is 1. The first kappa shape index (κ1) is 16.1. The lowest BCUT2D eigenvalue weighted by Crippen LogP contribution is -3.00. The summed E-state index contributed by atoms with van der Waals surface area (Å²) in [6, 6.07) is 4.62. The van der Waals surface area contributed by atoms with E-state index in [0.29, 0.717) is 12.6 Å². The van der Waals surface area contributed by atoms with Gasteiger partial charge in [0.25, 0.3) is 0 Å². The summed E-state index contributed by atoms with van der Waals surface area (Å²) in [5, 5.41) is 0. The number of halogens is 1. The quantitative estimate of drug-likeness (QED) is 0.488. The number of nitrogens with zero attached hydrogens (tertiary/aromatic N) is 2. The number of hydrogen-bond donors (Lipinski definition) is 0. The van der Waals surface area contributed by atoms with E-state index in [1.807, 2.05) is 23.8 Å². The molecule has 0 N–H and O–H groups in total. The maximum Gasteiger partial charge on any atom is 0.372 e. The van der Waals surface area contributed by atoms with Gasteiger partial charge >= 0.3 is 5.97 Å². The first-order valence-electron chi connectivity index (χ1n) is 6.55. The van der Waals surface area contributed by atoms with E-state index in [1.165, 1.54) is 18.4 Å². The van der Waals surface area contributed by atoms with Gasteiger partial charge in [0.1, 0.15) is 0 Å². The Morgan fingerprint density at radius 1 is 1.58 bits per heavy atom. The Balaban J connectivity index is 0.00000180. The third kappa shape index (κ3) is 4.28. The molecule has 1 fully saturated rings. The summed E-state index contributed by atoms with van der Waals surface area (Å²) in [7, 11) is 2.15. The molecule has 2 heterocycles. The number of esters is 1. The van der Waals surface area contributed by atoms with E-state index in [1.54, 1.807) is 0 Å². The number of rotatable bonds is 4. The van der Waals surface area contributed by atoms with Crippen LogP contribution in [-0.2, 0) is 16.1 Å². The molecule has 0 aromatic carbocycles. The molecule has 0 radical (unpaired) electrons. The molecule has 5 heteroatoms. The standard InChI is InChI=1S/C14H21N2O2.BrH/c1-3-18-14(17)11-16-9-4-6-12(10-16)13-7-5-8-15(13)2;/h4,6,9-10,13H,3,5,7-8,11H2,1-2H3;1H/q+1;/p-1/t13-;/m0./s1. The molecule has 0 saturated carbocycles. The highest BCUT2D eigenvalue weighted by molar-refractivity contribution is 5.67. The number of hydrogen-bond acceptors (Lipinski definition) is 3. The summed E-state index contributed by atoms with van der Waals surface area (Å²) in [6.07, 6.45) is 6.41. The molecule has 4 nitrogen and oxygen atoms in total. The van der Waals surface area contributed by atoms with Crippen LogP contribution < -0.4 is 21.5 Å². The Labute approximate surface area is 125 Å². The van der Waals surface area contributed by atoms with Crippen LogP contribution in [0.15, 0.2) is 24.5 Å². The van der Waals surface area contributed by atoms with Gasteiger partial charge in [0.2, 0.25) is 6.54 Å². The smallest absolute Gasteiger partial charge is 0.372 e. The molecule has 0 spiro atoms. The van der Waals surface area contributed by atoms with E-state index in [0.717, 1.165) is 6.54 Å². The first-order valence-corrected chi connectivity index (χ1v) is 6.55. The monoisotopic (exact) mass is 328 g/mol. The lowest BCUT2D eigenvalue weighted by Gasteiger charge is -2.18. The highest BCUT2D eigenvalue weighted by Gasteiger charge is 2.24. The van der Waals surface area contributed by atoms with E-state index < -0.39 is 0 Å². The fourth-order valence-corrected chi connectivity index (χ4v) is 2.52. The molecule has 1 aromatic rings. The number of carbonyl (C=O) groups is 1. The molecule has 1 atom stereocenters. The second-order valence-electron chi connectivity index (χ2n) is 4.75. The summed E-state index contributed by atoms with van der Waals surface area (Å²) in [6.45, 7) is 3.70. The van der Waals surface area contributed by atoms with Gasteiger partial charge in [0.15, 0.2) is 12.4 Å². The number of carbonyl (C=O) groups excluding carboxylic acids is 1. The zero-order chi connectivity index (χ0) is 13.0. The van der Waals surface area contributed by atoms with Gasteiger partial charge in [0.05, 0.1) is 6.61 Å². The van der Waals surface area contributed by atoms with Crippen molar-refractivity contribution in [2.75, 3.05) is 20.2 Å². The second-order valence-corrected chi connectivity index (χ2v) is 4.75. The van der Waals surface area contributed by atoms with E-state index >= 15 is 0 Å². The molecule has 1 aromatic heterocycles. The Kier molecular flexibility index (Phi) is 6.45. The van der Waals surface area contributed by atoms with Crippen LogP contribution in [0.2, 0.25) is 0 Å². The Hall–Kier alpha value is -0.940. The second kappa shape index (κ2) is 7.60. The summed E-state index contributed by atoms with van der Waals surface area (Å²) in [5.41, 5.74) is 1.28. The van der Waals surface area contributed by atoms with E-state index in [2.05, 4.69) is 24.2 Å². The van der Waals surface area contributed by atoms with Gasteiger partial charge < -0.3 is 21.7 Å². The lowest BCUT2D eigenvalue weighted by molar-refractivity contribution is -0.686. The molecule has 1 aliphatic rings. The minimum atomic E-state index is -0.181. The van der Waals surface area contributed by atoms with Gasteiger partial charge in [-0.3, -0.25) is 4.90 Å². The molecule has 0 bridgehead atoms. The van der Waals surface area contributed by atoms with Crippen molar-refractivity contribution in [3.8, 4) is 0 Å². The van der Waals surface area contributed by atoms with Gasteiger partial charge in [-0.25, -0.2) is 4.79 Å². The van der Waals surface area contributed by atoms with Crippen molar-refractivity contribution in [2.45, 2.75) is 32.4 Å². The predicted octanol–water partition coefficient (Wildman–Crippen LogP) is -1.69. The van der Waals surface area contributed by atoms with Crippen LogP contribution in [0.5, 0.6) is 0 Å². The van der Waals surface area contributed by atoms with Crippen LogP contribution in [0.3, 0.4) is 0 Å². The normalized spacial score (nSPS) is 18.9. The summed E-state index contributed by atoms with van der Waals surface area (Å²) in [5.74, 6) is -0.181. The zero-order valence-corrected chi connectivity index (χ0v) is 13.1. The van der Waals surface area contributed by atoms with Crippen LogP contribution >= 0.6 is 0 Å². The van der Waals surface area contributed by atoms with Crippen LogP contribution in [0.4, 0.5) is 0 Å². The van der Waals surface area contributed by atoms with Gasteiger partial charge in [-0.05, 0) is 39.4 Å². The van der Waals surface area contributed by atoms with Crippen molar-refractivity contribution in [1.29, 1.82) is 0 Å². The molecule has 106 valence electrons. The van der Waals surface area contributed by atoms with E-state index in [9.17, 15) is 4.79 Å². The average molecular weight is 329 g/mol. The van der Waals surface area contributed by atoms with E-state index in [-0.39, 0.29) is 29.5 Å². The third-order valence-corrected chi connectivity index (χ3v) is 3.40. The van der Waals surface area contributed by atoms with Crippen molar-refractivity contribution in [3.63, 3.8) is 0 Å². The van der Waals surface area contributed by atoms with Crippen molar-refractivity contribution in [1.82, 2.24) is 4.90 Å². The lowest BCUT2D eigenvalue weighted by atomic mass is 10.1.